The van der Waals surface area contributed by atoms with E-state index in [-0.39, 0.29) is 18.1 Å². The van der Waals surface area contributed by atoms with Gasteiger partial charge in [0, 0.05) is 32.1 Å². The first kappa shape index (κ1) is 21.8. The Balaban J connectivity index is 2.10. The van der Waals surface area contributed by atoms with Crippen LogP contribution in [0.15, 0.2) is 29.6 Å². The van der Waals surface area contributed by atoms with Crippen molar-refractivity contribution in [1.82, 2.24) is 14.8 Å². The zero-order valence-electron chi connectivity index (χ0n) is 16.3. The minimum atomic E-state index is -0.510. The standard InChI is InChI=1S/C19H25FN4O3S/c1-4-23(5-2)18(25)16-13-28-17(21-16)12-24(10-11-27-3)19(26)22-15-9-7-6-8-14(15)20/h6-9,13H,4-5,10-12H2,1-3H3,(H,22,26). The van der Waals surface area contributed by atoms with Crippen LogP contribution in [0.25, 0.3) is 0 Å². The molecule has 0 fully saturated rings. The lowest BCUT2D eigenvalue weighted by atomic mass is 10.3. The van der Waals surface area contributed by atoms with E-state index in [2.05, 4.69) is 10.3 Å². The number of halogens is 1. The van der Waals surface area contributed by atoms with E-state index in [4.69, 9.17) is 4.74 Å². The fourth-order valence-corrected chi connectivity index (χ4v) is 3.31. The van der Waals surface area contributed by atoms with Crippen molar-refractivity contribution in [2.24, 2.45) is 0 Å². The fourth-order valence-electron chi connectivity index (χ4n) is 2.53. The number of ether oxygens (including phenoxy) is 1. The summed E-state index contributed by atoms with van der Waals surface area (Å²) in [5, 5.41) is 4.88. The molecule has 0 saturated carbocycles. The van der Waals surface area contributed by atoms with Crippen molar-refractivity contribution in [2.45, 2.75) is 20.4 Å². The number of rotatable bonds is 9. The quantitative estimate of drug-likeness (QED) is 0.690. The molecule has 1 aromatic heterocycles. The summed E-state index contributed by atoms with van der Waals surface area (Å²) < 4.78 is 18.9. The Hall–Kier alpha value is -2.52. The van der Waals surface area contributed by atoms with Gasteiger partial charge in [-0.25, -0.2) is 14.2 Å². The number of thiazole rings is 1. The van der Waals surface area contributed by atoms with Crippen LogP contribution >= 0.6 is 11.3 Å². The highest BCUT2D eigenvalue weighted by Gasteiger charge is 2.20. The number of carbonyl (C=O) groups is 2. The van der Waals surface area contributed by atoms with Crippen molar-refractivity contribution in [1.29, 1.82) is 0 Å². The number of benzene rings is 1. The van der Waals surface area contributed by atoms with Gasteiger partial charge in [-0.05, 0) is 26.0 Å². The maximum absolute atomic E-state index is 13.8. The van der Waals surface area contributed by atoms with Gasteiger partial charge in [0.1, 0.15) is 16.5 Å². The topological polar surface area (TPSA) is 74.8 Å². The Bertz CT molecular complexity index is 795. The Morgan fingerprint density at radius 3 is 2.57 bits per heavy atom. The van der Waals surface area contributed by atoms with E-state index < -0.39 is 11.8 Å². The van der Waals surface area contributed by atoms with Crippen molar-refractivity contribution in [3.8, 4) is 0 Å². The van der Waals surface area contributed by atoms with E-state index in [0.717, 1.165) is 0 Å². The summed E-state index contributed by atoms with van der Waals surface area (Å²) >= 11 is 1.31. The number of hydrogen-bond donors (Lipinski definition) is 1. The predicted octanol–water partition coefficient (Wildman–Crippen LogP) is 3.44. The van der Waals surface area contributed by atoms with Crippen molar-refractivity contribution in [3.05, 3.63) is 46.2 Å². The van der Waals surface area contributed by atoms with Crippen molar-refractivity contribution >= 4 is 29.0 Å². The average Bonchev–Trinajstić information content (AvgIpc) is 3.16. The number of hydrogen-bond acceptors (Lipinski definition) is 5. The number of anilines is 1. The summed E-state index contributed by atoms with van der Waals surface area (Å²) in [5.41, 5.74) is 0.469. The van der Waals surface area contributed by atoms with Crippen LogP contribution in [0.4, 0.5) is 14.9 Å². The monoisotopic (exact) mass is 408 g/mol. The van der Waals surface area contributed by atoms with Gasteiger partial charge < -0.3 is 19.9 Å². The summed E-state index contributed by atoms with van der Waals surface area (Å²) in [7, 11) is 1.54. The molecule has 7 nitrogen and oxygen atoms in total. The lowest BCUT2D eigenvalue weighted by molar-refractivity contribution is 0.0767. The fraction of sp³-hybridized carbons (Fsp3) is 0.421. The summed E-state index contributed by atoms with van der Waals surface area (Å²) in [6.07, 6.45) is 0. The summed E-state index contributed by atoms with van der Waals surface area (Å²) in [6.45, 7) is 5.85. The van der Waals surface area contributed by atoms with Gasteiger partial charge in [-0.2, -0.15) is 0 Å². The van der Waals surface area contributed by atoms with Crippen LogP contribution in [0.5, 0.6) is 0 Å². The molecule has 3 amide bonds. The summed E-state index contributed by atoms with van der Waals surface area (Å²) in [6, 6.07) is 5.50. The maximum Gasteiger partial charge on any atom is 0.322 e. The maximum atomic E-state index is 13.8. The SMILES string of the molecule is CCN(CC)C(=O)c1csc(CN(CCOC)C(=O)Nc2ccccc2F)n1. The van der Waals surface area contributed by atoms with Crippen LogP contribution in [-0.2, 0) is 11.3 Å². The number of nitrogens with one attached hydrogen (secondary N) is 1. The van der Waals surface area contributed by atoms with Crippen molar-refractivity contribution < 1.29 is 18.7 Å². The van der Waals surface area contributed by atoms with Gasteiger partial charge in [-0.15, -0.1) is 11.3 Å². The van der Waals surface area contributed by atoms with E-state index in [1.807, 2.05) is 13.8 Å². The van der Waals surface area contributed by atoms with E-state index in [1.54, 1.807) is 22.4 Å². The number of urea groups is 1. The molecular formula is C19H25FN4O3S. The number of methoxy groups -OCH3 is 1. The van der Waals surface area contributed by atoms with Gasteiger partial charge in [-0.1, -0.05) is 12.1 Å². The second kappa shape index (κ2) is 10.7. The van der Waals surface area contributed by atoms with E-state index >= 15 is 0 Å². The molecule has 0 aliphatic rings. The van der Waals surface area contributed by atoms with Gasteiger partial charge in [0.25, 0.3) is 5.91 Å². The molecule has 0 saturated heterocycles. The molecule has 2 rings (SSSR count). The summed E-state index contributed by atoms with van der Waals surface area (Å²) in [4.78, 5) is 32.5. The van der Waals surface area contributed by atoms with Gasteiger partial charge >= 0.3 is 6.03 Å². The first-order valence-corrected chi connectivity index (χ1v) is 9.91. The Kier molecular flexibility index (Phi) is 8.34. The van der Waals surface area contributed by atoms with Crippen LogP contribution in [0.1, 0.15) is 29.3 Å². The minimum Gasteiger partial charge on any atom is -0.383 e. The number of amides is 3. The molecule has 0 unspecified atom stereocenters. The highest BCUT2D eigenvalue weighted by molar-refractivity contribution is 7.09. The molecular weight excluding hydrogens is 383 g/mol. The van der Waals surface area contributed by atoms with Crippen LogP contribution in [0.3, 0.4) is 0 Å². The van der Waals surface area contributed by atoms with Crippen LogP contribution in [0, 0.1) is 5.82 Å². The highest BCUT2D eigenvalue weighted by Crippen LogP contribution is 2.17. The third kappa shape index (κ3) is 5.74. The highest BCUT2D eigenvalue weighted by atomic mass is 32.1. The Morgan fingerprint density at radius 2 is 1.93 bits per heavy atom. The molecule has 28 heavy (non-hydrogen) atoms. The van der Waals surface area contributed by atoms with Gasteiger partial charge in [-0.3, -0.25) is 4.79 Å². The largest absolute Gasteiger partial charge is 0.383 e. The zero-order valence-corrected chi connectivity index (χ0v) is 17.1. The van der Waals surface area contributed by atoms with Crippen LogP contribution in [0.2, 0.25) is 0 Å². The zero-order chi connectivity index (χ0) is 20.5. The van der Waals surface area contributed by atoms with Crippen molar-refractivity contribution in [3.63, 3.8) is 0 Å². The van der Waals surface area contributed by atoms with Gasteiger partial charge in [0.05, 0.1) is 18.8 Å². The van der Waals surface area contributed by atoms with E-state index in [1.165, 1.54) is 35.5 Å². The second-order valence-corrected chi connectivity index (χ2v) is 6.87. The van der Waals surface area contributed by atoms with Crippen LogP contribution in [-0.4, -0.2) is 60.1 Å². The molecule has 9 heteroatoms. The molecule has 0 aliphatic heterocycles. The minimum absolute atomic E-state index is 0.103. The van der Waals surface area contributed by atoms with Gasteiger partial charge in [0.15, 0.2) is 0 Å². The number of para-hydroxylation sites is 1. The molecule has 0 radical (unpaired) electrons. The molecule has 1 N–H and O–H groups in total. The van der Waals surface area contributed by atoms with Crippen molar-refractivity contribution in [2.75, 3.05) is 38.7 Å². The lowest BCUT2D eigenvalue weighted by Crippen LogP contribution is -2.37. The molecule has 0 atom stereocenters. The second-order valence-electron chi connectivity index (χ2n) is 5.93. The number of carbonyl (C=O) groups excluding carboxylic acids is 2. The first-order valence-electron chi connectivity index (χ1n) is 9.03. The first-order chi connectivity index (χ1) is 13.5. The molecule has 0 spiro atoms. The smallest absolute Gasteiger partial charge is 0.322 e. The molecule has 0 bridgehead atoms. The number of aromatic nitrogens is 1. The molecule has 1 heterocycles. The third-order valence-corrected chi connectivity index (χ3v) is 4.95. The average molecular weight is 408 g/mol. The molecule has 152 valence electrons. The van der Waals surface area contributed by atoms with Gasteiger partial charge in [0.2, 0.25) is 0 Å². The third-order valence-electron chi connectivity index (χ3n) is 4.12. The van der Waals surface area contributed by atoms with E-state index in [9.17, 15) is 14.0 Å². The predicted molar refractivity (Wildman–Crippen MR) is 107 cm³/mol. The van der Waals surface area contributed by atoms with E-state index in [0.29, 0.717) is 36.9 Å². The normalized spacial score (nSPS) is 10.6. The van der Waals surface area contributed by atoms with Crippen LogP contribution < -0.4 is 5.32 Å². The number of nitrogens with zero attached hydrogens (tertiary/aromatic N) is 3. The Labute approximate surface area is 168 Å². The molecule has 0 aliphatic carbocycles. The molecule has 1 aromatic carbocycles. The Morgan fingerprint density at radius 1 is 1.21 bits per heavy atom. The summed E-state index contributed by atoms with van der Waals surface area (Å²) in [5.74, 6) is -0.643. The lowest BCUT2D eigenvalue weighted by Gasteiger charge is -2.22. The molecule has 2 aromatic rings.